The van der Waals surface area contributed by atoms with Crippen molar-refractivity contribution in [2.75, 3.05) is 26.3 Å². The van der Waals surface area contributed by atoms with Crippen LogP contribution >= 0.6 is 23.4 Å². The number of amides is 3. The third kappa shape index (κ3) is 4.59. The first-order valence-corrected chi connectivity index (χ1v) is 10.7. The van der Waals surface area contributed by atoms with Crippen LogP contribution < -0.4 is 0 Å². The number of thioether (sulfide) groups is 1. The SMILES string of the molecule is O=C(c1ccc(/C=C2\SC(=O)N(Cc3cccc(Cl)c3)C2=O)cc1)N1CCOCC1. The van der Waals surface area contributed by atoms with E-state index in [0.29, 0.717) is 41.8 Å². The van der Waals surface area contributed by atoms with Crippen LogP contribution in [0.3, 0.4) is 0 Å². The fourth-order valence-corrected chi connectivity index (χ4v) is 4.33. The van der Waals surface area contributed by atoms with Gasteiger partial charge in [0, 0.05) is 23.7 Å². The van der Waals surface area contributed by atoms with Gasteiger partial charge in [-0.3, -0.25) is 19.3 Å². The van der Waals surface area contributed by atoms with E-state index < -0.39 is 0 Å². The summed E-state index contributed by atoms with van der Waals surface area (Å²) in [5.74, 6) is -0.370. The van der Waals surface area contributed by atoms with E-state index in [4.69, 9.17) is 16.3 Å². The van der Waals surface area contributed by atoms with Gasteiger partial charge in [0.1, 0.15) is 0 Å². The van der Waals surface area contributed by atoms with Crippen molar-refractivity contribution in [1.82, 2.24) is 9.80 Å². The van der Waals surface area contributed by atoms with Crippen molar-refractivity contribution in [3.8, 4) is 0 Å². The Balaban J connectivity index is 1.46. The molecule has 2 aliphatic heterocycles. The summed E-state index contributed by atoms with van der Waals surface area (Å²) >= 11 is 6.90. The maximum Gasteiger partial charge on any atom is 0.293 e. The molecule has 0 unspecified atom stereocenters. The predicted molar refractivity (Wildman–Crippen MR) is 116 cm³/mol. The van der Waals surface area contributed by atoms with Crippen LogP contribution in [0.5, 0.6) is 0 Å². The Morgan fingerprint density at radius 1 is 1.10 bits per heavy atom. The third-order valence-corrected chi connectivity index (χ3v) is 6.00. The topological polar surface area (TPSA) is 66.9 Å². The molecule has 0 radical (unpaired) electrons. The second kappa shape index (κ2) is 9.04. The first-order chi connectivity index (χ1) is 14.5. The van der Waals surface area contributed by atoms with Crippen LogP contribution in [0.1, 0.15) is 21.5 Å². The van der Waals surface area contributed by atoms with Crippen molar-refractivity contribution in [2.24, 2.45) is 0 Å². The standard InChI is InChI=1S/C22H19ClN2O4S/c23-18-3-1-2-16(12-18)14-25-21(27)19(30-22(25)28)13-15-4-6-17(7-5-15)20(26)24-8-10-29-11-9-24/h1-7,12-13H,8-11,14H2/b19-13-. The highest BCUT2D eigenvalue weighted by molar-refractivity contribution is 8.18. The van der Waals surface area contributed by atoms with Gasteiger partial charge in [0.15, 0.2) is 0 Å². The minimum atomic E-state index is -0.335. The lowest BCUT2D eigenvalue weighted by molar-refractivity contribution is -0.123. The van der Waals surface area contributed by atoms with Gasteiger partial charge in [-0.1, -0.05) is 35.9 Å². The molecule has 0 atom stereocenters. The van der Waals surface area contributed by atoms with Crippen molar-refractivity contribution in [3.05, 3.63) is 75.1 Å². The zero-order valence-corrected chi connectivity index (χ0v) is 17.6. The summed E-state index contributed by atoms with van der Waals surface area (Å²) in [7, 11) is 0. The summed E-state index contributed by atoms with van der Waals surface area (Å²) in [6.07, 6.45) is 1.67. The van der Waals surface area contributed by atoms with E-state index >= 15 is 0 Å². The van der Waals surface area contributed by atoms with Gasteiger partial charge in [-0.2, -0.15) is 0 Å². The Morgan fingerprint density at radius 2 is 1.83 bits per heavy atom. The molecule has 2 saturated heterocycles. The summed E-state index contributed by atoms with van der Waals surface area (Å²) in [5, 5.41) is 0.243. The second-order valence-electron chi connectivity index (χ2n) is 6.92. The number of hydrogen-bond donors (Lipinski definition) is 0. The molecule has 0 aliphatic carbocycles. The van der Waals surface area contributed by atoms with Gasteiger partial charge < -0.3 is 9.64 Å². The molecule has 8 heteroatoms. The number of ether oxygens (including phenoxy) is 1. The molecule has 2 aliphatic rings. The minimum Gasteiger partial charge on any atom is -0.378 e. The highest BCUT2D eigenvalue weighted by atomic mass is 35.5. The lowest BCUT2D eigenvalue weighted by Crippen LogP contribution is -2.40. The van der Waals surface area contributed by atoms with Crippen LogP contribution in [0.2, 0.25) is 5.02 Å². The zero-order chi connectivity index (χ0) is 21.1. The predicted octanol–water partition coefficient (Wildman–Crippen LogP) is 4.05. The fourth-order valence-electron chi connectivity index (χ4n) is 3.28. The van der Waals surface area contributed by atoms with Gasteiger partial charge in [0.25, 0.3) is 17.1 Å². The number of morpholine rings is 1. The van der Waals surface area contributed by atoms with Gasteiger partial charge in [0.2, 0.25) is 0 Å². The van der Waals surface area contributed by atoms with Crippen molar-refractivity contribution < 1.29 is 19.1 Å². The molecule has 0 spiro atoms. The van der Waals surface area contributed by atoms with Crippen molar-refractivity contribution in [2.45, 2.75) is 6.54 Å². The van der Waals surface area contributed by atoms with Crippen LogP contribution in [0.25, 0.3) is 6.08 Å². The number of nitrogens with zero attached hydrogens (tertiary/aromatic N) is 2. The Bertz CT molecular complexity index is 1020. The van der Waals surface area contributed by atoms with E-state index in [2.05, 4.69) is 0 Å². The van der Waals surface area contributed by atoms with Gasteiger partial charge in [-0.05, 0) is 53.2 Å². The lowest BCUT2D eigenvalue weighted by atomic mass is 10.1. The number of halogens is 1. The molecule has 2 fully saturated rings. The molecule has 154 valence electrons. The van der Waals surface area contributed by atoms with Crippen molar-refractivity contribution in [1.29, 1.82) is 0 Å². The minimum absolute atomic E-state index is 0.0355. The van der Waals surface area contributed by atoms with E-state index in [1.807, 2.05) is 6.07 Å². The molecular weight excluding hydrogens is 424 g/mol. The van der Waals surface area contributed by atoms with Gasteiger partial charge in [0.05, 0.1) is 24.7 Å². The van der Waals surface area contributed by atoms with E-state index in [9.17, 15) is 14.4 Å². The highest BCUT2D eigenvalue weighted by Crippen LogP contribution is 2.33. The Labute approximate surface area is 183 Å². The van der Waals surface area contributed by atoms with E-state index in [1.165, 1.54) is 4.90 Å². The van der Waals surface area contributed by atoms with E-state index in [1.54, 1.807) is 53.4 Å². The molecule has 0 saturated carbocycles. The summed E-state index contributed by atoms with van der Waals surface area (Å²) in [4.78, 5) is 40.9. The quantitative estimate of drug-likeness (QED) is 0.668. The smallest absolute Gasteiger partial charge is 0.293 e. The number of benzene rings is 2. The maximum absolute atomic E-state index is 12.7. The molecule has 4 rings (SSSR count). The second-order valence-corrected chi connectivity index (χ2v) is 8.35. The molecule has 0 N–H and O–H groups in total. The molecule has 2 aromatic rings. The van der Waals surface area contributed by atoms with Crippen LogP contribution in [-0.2, 0) is 16.1 Å². The highest BCUT2D eigenvalue weighted by Gasteiger charge is 2.35. The molecule has 2 aromatic carbocycles. The molecule has 3 amide bonds. The number of imide groups is 1. The summed E-state index contributed by atoms with van der Waals surface area (Å²) < 4.78 is 5.28. The van der Waals surface area contributed by atoms with Crippen molar-refractivity contribution >= 4 is 46.5 Å². The van der Waals surface area contributed by atoms with Gasteiger partial charge in [-0.15, -0.1) is 0 Å². The summed E-state index contributed by atoms with van der Waals surface area (Å²) in [5.41, 5.74) is 2.13. The third-order valence-electron chi connectivity index (χ3n) is 4.86. The van der Waals surface area contributed by atoms with E-state index in [0.717, 1.165) is 22.9 Å². The number of hydrogen-bond acceptors (Lipinski definition) is 5. The van der Waals surface area contributed by atoms with Crippen LogP contribution in [0.4, 0.5) is 4.79 Å². The largest absolute Gasteiger partial charge is 0.378 e. The van der Waals surface area contributed by atoms with Crippen LogP contribution in [0, 0.1) is 0 Å². The summed E-state index contributed by atoms with van der Waals surface area (Å²) in [6.45, 7) is 2.44. The number of carbonyl (C=O) groups excluding carboxylic acids is 3. The molecule has 6 nitrogen and oxygen atoms in total. The Hall–Kier alpha value is -2.61. The average Bonchev–Trinajstić information content (AvgIpc) is 3.02. The summed E-state index contributed by atoms with van der Waals surface area (Å²) in [6, 6.07) is 14.1. The number of rotatable bonds is 4. The molecule has 30 heavy (non-hydrogen) atoms. The molecular formula is C22H19ClN2O4S. The first kappa shape index (κ1) is 20.7. The number of carbonyl (C=O) groups is 3. The average molecular weight is 443 g/mol. The first-order valence-electron chi connectivity index (χ1n) is 9.48. The molecule has 2 heterocycles. The normalized spacial score (nSPS) is 18.4. The fraction of sp³-hybridized carbons (Fsp3) is 0.227. The lowest BCUT2D eigenvalue weighted by Gasteiger charge is -2.26. The van der Waals surface area contributed by atoms with E-state index in [-0.39, 0.29) is 23.6 Å². The zero-order valence-electron chi connectivity index (χ0n) is 16.0. The van der Waals surface area contributed by atoms with Gasteiger partial charge >= 0.3 is 0 Å². The maximum atomic E-state index is 12.7. The molecule has 0 bridgehead atoms. The van der Waals surface area contributed by atoms with Crippen LogP contribution in [0.15, 0.2) is 53.4 Å². The Kier molecular flexibility index (Phi) is 6.22. The van der Waals surface area contributed by atoms with Crippen molar-refractivity contribution in [3.63, 3.8) is 0 Å². The molecule has 0 aromatic heterocycles. The monoisotopic (exact) mass is 442 g/mol. The van der Waals surface area contributed by atoms with Gasteiger partial charge in [-0.25, -0.2) is 0 Å². The Morgan fingerprint density at radius 3 is 2.53 bits per heavy atom. The van der Waals surface area contributed by atoms with Crippen LogP contribution in [-0.4, -0.2) is 53.2 Å².